The van der Waals surface area contributed by atoms with Crippen LogP contribution >= 0.6 is 0 Å². The van der Waals surface area contributed by atoms with Gasteiger partial charge in [0.05, 0.1) is 0 Å². The van der Waals surface area contributed by atoms with E-state index in [9.17, 15) is 19.5 Å². The number of carboxylic acid groups (broad SMARTS) is 1. The summed E-state index contributed by atoms with van der Waals surface area (Å²) >= 11 is 0. The zero-order valence-corrected chi connectivity index (χ0v) is 19.1. The lowest BCUT2D eigenvalue weighted by molar-refractivity contribution is -0.139. The Balaban J connectivity index is 1.88. The van der Waals surface area contributed by atoms with Crippen molar-refractivity contribution in [1.29, 1.82) is 0 Å². The fourth-order valence-corrected chi connectivity index (χ4v) is 3.49. The third kappa shape index (κ3) is 9.13. The van der Waals surface area contributed by atoms with E-state index in [2.05, 4.69) is 10.6 Å². The fourth-order valence-electron chi connectivity index (χ4n) is 3.49. The molecule has 0 bridgehead atoms. The third-order valence-corrected chi connectivity index (χ3v) is 5.07. The van der Waals surface area contributed by atoms with E-state index in [1.165, 1.54) is 0 Å². The minimum atomic E-state index is -1.15. The number of hydrogen-bond donors (Lipinski definition) is 3. The van der Waals surface area contributed by atoms with E-state index in [1.807, 2.05) is 51.1 Å². The molecular weight excluding hydrogens is 414 g/mol. The van der Waals surface area contributed by atoms with E-state index >= 15 is 0 Å². The average molecular weight is 450 g/mol. The molecule has 1 saturated heterocycles. The maximum Gasteiger partial charge on any atom is 0.410 e. The second-order valence-electron chi connectivity index (χ2n) is 8.89. The second-order valence-corrected chi connectivity index (χ2v) is 8.89. The van der Waals surface area contributed by atoms with Crippen molar-refractivity contribution in [1.82, 2.24) is 15.5 Å². The highest BCUT2D eigenvalue weighted by Gasteiger charge is 2.30. The van der Waals surface area contributed by atoms with Gasteiger partial charge in [0.25, 0.3) is 0 Å². The van der Waals surface area contributed by atoms with Gasteiger partial charge in [0.2, 0.25) is 0 Å². The van der Waals surface area contributed by atoms with E-state index in [4.69, 9.17) is 9.47 Å². The van der Waals surface area contributed by atoms with Gasteiger partial charge >= 0.3 is 18.2 Å². The molecule has 1 aromatic carbocycles. The highest BCUT2D eigenvalue weighted by Crippen LogP contribution is 2.18. The van der Waals surface area contributed by atoms with Crippen LogP contribution in [0.4, 0.5) is 9.59 Å². The number of carbonyl (C=O) groups excluding carboxylic acids is 2. The summed E-state index contributed by atoms with van der Waals surface area (Å²) < 4.78 is 10.7. The Hall–Kier alpha value is -2.81. The quantitative estimate of drug-likeness (QED) is 0.530. The topological polar surface area (TPSA) is 117 Å². The van der Waals surface area contributed by atoms with Crippen molar-refractivity contribution in [3.8, 4) is 0 Å². The highest BCUT2D eigenvalue weighted by atomic mass is 16.6. The molecule has 9 heteroatoms. The number of aliphatic carboxylic acids is 1. The van der Waals surface area contributed by atoms with Crippen LogP contribution in [0.3, 0.4) is 0 Å². The summed E-state index contributed by atoms with van der Waals surface area (Å²) in [5.41, 5.74) is 0.195. The van der Waals surface area contributed by atoms with Crippen molar-refractivity contribution in [2.45, 2.75) is 70.7 Å². The van der Waals surface area contributed by atoms with E-state index in [-0.39, 0.29) is 19.1 Å². The van der Waals surface area contributed by atoms with Gasteiger partial charge in [-0.3, -0.25) is 0 Å². The molecule has 178 valence electrons. The Morgan fingerprint density at radius 1 is 1.19 bits per heavy atom. The van der Waals surface area contributed by atoms with Crippen LogP contribution in [0, 0.1) is 0 Å². The van der Waals surface area contributed by atoms with Crippen LogP contribution in [0.5, 0.6) is 0 Å². The summed E-state index contributed by atoms with van der Waals surface area (Å²) in [6.45, 7) is 7.49. The first kappa shape index (κ1) is 25.5. The third-order valence-electron chi connectivity index (χ3n) is 5.07. The van der Waals surface area contributed by atoms with Crippen LogP contribution < -0.4 is 10.6 Å². The van der Waals surface area contributed by atoms with Crippen LogP contribution in [-0.2, 0) is 20.9 Å². The Morgan fingerprint density at radius 2 is 1.84 bits per heavy atom. The molecule has 1 heterocycles. The van der Waals surface area contributed by atoms with Gasteiger partial charge in [0.1, 0.15) is 18.2 Å². The van der Waals surface area contributed by atoms with Crippen molar-refractivity contribution in [2.24, 2.45) is 0 Å². The summed E-state index contributed by atoms with van der Waals surface area (Å²) in [5.74, 6) is -1.15. The SMILES string of the molecule is CC(C)(C)OC(=O)N(CCCC(NC(=O)OCc1ccccc1)C(=O)O)C1CCNCC1. The lowest BCUT2D eigenvalue weighted by atomic mass is 10.0. The van der Waals surface area contributed by atoms with Crippen LogP contribution in [0.2, 0.25) is 0 Å². The van der Waals surface area contributed by atoms with Gasteiger partial charge in [0.15, 0.2) is 0 Å². The molecule has 1 atom stereocenters. The molecule has 2 amide bonds. The molecule has 9 nitrogen and oxygen atoms in total. The van der Waals surface area contributed by atoms with Gasteiger partial charge < -0.3 is 30.1 Å². The van der Waals surface area contributed by atoms with Gasteiger partial charge in [-0.2, -0.15) is 0 Å². The molecule has 1 fully saturated rings. The molecule has 3 N–H and O–H groups in total. The number of ether oxygens (including phenoxy) is 2. The molecule has 1 aliphatic heterocycles. The van der Waals surface area contributed by atoms with Crippen molar-refractivity contribution in [2.75, 3.05) is 19.6 Å². The molecule has 0 saturated carbocycles. The van der Waals surface area contributed by atoms with Crippen molar-refractivity contribution < 1.29 is 29.0 Å². The molecule has 1 aromatic rings. The number of nitrogens with one attached hydrogen (secondary N) is 2. The minimum Gasteiger partial charge on any atom is -0.480 e. The highest BCUT2D eigenvalue weighted by molar-refractivity contribution is 5.79. The monoisotopic (exact) mass is 449 g/mol. The van der Waals surface area contributed by atoms with E-state index in [0.717, 1.165) is 31.5 Å². The summed E-state index contributed by atoms with van der Waals surface area (Å²) in [5, 5.41) is 15.2. The van der Waals surface area contributed by atoms with Crippen molar-refractivity contribution >= 4 is 18.2 Å². The normalized spacial score (nSPS) is 15.5. The smallest absolute Gasteiger partial charge is 0.410 e. The molecule has 0 aliphatic carbocycles. The van der Waals surface area contributed by atoms with Crippen molar-refractivity contribution in [3.63, 3.8) is 0 Å². The Labute approximate surface area is 189 Å². The molecule has 0 radical (unpaired) electrons. The number of amides is 2. The van der Waals surface area contributed by atoms with Crippen molar-refractivity contribution in [3.05, 3.63) is 35.9 Å². The molecule has 32 heavy (non-hydrogen) atoms. The summed E-state index contributed by atoms with van der Waals surface area (Å²) in [7, 11) is 0. The number of rotatable bonds is 9. The number of nitrogens with zero attached hydrogens (tertiary/aromatic N) is 1. The first-order chi connectivity index (χ1) is 15.2. The first-order valence-electron chi connectivity index (χ1n) is 11.1. The lowest BCUT2D eigenvalue weighted by Gasteiger charge is -2.36. The zero-order chi connectivity index (χ0) is 23.6. The van der Waals surface area contributed by atoms with Gasteiger partial charge in [-0.25, -0.2) is 14.4 Å². The number of benzene rings is 1. The molecular formula is C23H35N3O6. The second kappa shape index (κ2) is 12.3. The van der Waals surface area contributed by atoms with E-state index in [1.54, 1.807) is 4.90 Å². The molecule has 1 aliphatic rings. The summed E-state index contributed by atoms with van der Waals surface area (Å²) in [4.78, 5) is 38.1. The van der Waals surface area contributed by atoms with Crippen LogP contribution in [-0.4, -0.2) is 65.5 Å². The van der Waals surface area contributed by atoms with Gasteiger partial charge in [-0.15, -0.1) is 0 Å². The Bertz CT molecular complexity index is 744. The van der Waals surface area contributed by atoms with E-state index in [0.29, 0.717) is 13.0 Å². The summed E-state index contributed by atoms with van der Waals surface area (Å²) in [6, 6.07) is 8.08. The molecule has 1 unspecified atom stereocenters. The van der Waals surface area contributed by atoms with E-state index < -0.39 is 29.8 Å². The number of hydrogen-bond acceptors (Lipinski definition) is 6. The molecule has 0 spiro atoms. The van der Waals surface area contributed by atoms with Gasteiger partial charge in [-0.1, -0.05) is 30.3 Å². The minimum absolute atomic E-state index is 0.0400. The standard InChI is InChI=1S/C23H35N3O6/c1-23(2,3)32-22(30)26(18-11-13-24-14-12-18)15-7-10-19(20(27)28)25-21(29)31-16-17-8-5-4-6-9-17/h4-6,8-9,18-19,24H,7,10-16H2,1-3H3,(H,25,29)(H,27,28). The van der Waals surface area contributed by atoms with Crippen LogP contribution in [0.1, 0.15) is 52.0 Å². The average Bonchev–Trinajstić information content (AvgIpc) is 2.74. The number of carbonyl (C=O) groups is 3. The van der Waals surface area contributed by atoms with Gasteiger partial charge in [-0.05, 0) is 65.1 Å². The molecule has 0 aromatic heterocycles. The fraction of sp³-hybridized carbons (Fsp3) is 0.609. The maximum atomic E-state index is 12.7. The maximum absolute atomic E-state index is 12.7. The summed E-state index contributed by atoms with van der Waals surface area (Å²) in [6.07, 6.45) is 1.01. The predicted molar refractivity (Wildman–Crippen MR) is 119 cm³/mol. The van der Waals surface area contributed by atoms with Crippen LogP contribution in [0.15, 0.2) is 30.3 Å². The Morgan fingerprint density at radius 3 is 2.44 bits per heavy atom. The zero-order valence-electron chi connectivity index (χ0n) is 19.1. The first-order valence-corrected chi connectivity index (χ1v) is 11.1. The predicted octanol–water partition coefficient (Wildman–Crippen LogP) is 3.14. The number of alkyl carbamates (subject to hydrolysis) is 1. The molecule has 2 rings (SSSR count). The Kier molecular flexibility index (Phi) is 9.77. The number of carboxylic acids is 1. The number of piperidine rings is 1. The van der Waals surface area contributed by atoms with Gasteiger partial charge in [0, 0.05) is 12.6 Å². The lowest BCUT2D eigenvalue weighted by Crippen LogP contribution is -2.48. The largest absolute Gasteiger partial charge is 0.480 e. The van der Waals surface area contributed by atoms with Crippen LogP contribution in [0.25, 0.3) is 0 Å².